The van der Waals surface area contributed by atoms with Gasteiger partial charge in [-0.15, -0.1) is 10.2 Å². The van der Waals surface area contributed by atoms with Crippen molar-refractivity contribution in [1.29, 1.82) is 0 Å². The lowest BCUT2D eigenvalue weighted by molar-refractivity contribution is 0.0996. The molecule has 5 rings (SSSR count). The zero-order valence-electron chi connectivity index (χ0n) is 16.3. The number of carbonyl (C=O) groups is 1. The predicted octanol–water partition coefficient (Wildman–Crippen LogP) is 6.71. The second kappa shape index (κ2) is 8.03. The smallest absolute Gasteiger partial charge is 0.296 e. The molecular formula is C23H13Cl2N5O2. The first-order chi connectivity index (χ1) is 15.5. The van der Waals surface area contributed by atoms with Crippen LogP contribution in [0.2, 0.25) is 10.0 Å². The van der Waals surface area contributed by atoms with Gasteiger partial charge in [0.2, 0.25) is 5.88 Å². The number of hydrogen-bond acceptors (Lipinski definition) is 5. The highest BCUT2D eigenvalue weighted by molar-refractivity contribution is 6.38. The van der Waals surface area contributed by atoms with Crippen LogP contribution in [0.15, 0.2) is 77.2 Å². The maximum Gasteiger partial charge on any atom is 0.296 e. The minimum atomic E-state index is -0.583. The van der Waals surface area contributed by atoms with Crippen LogP contribution in [0, 0.1) is 0 Å². The first-order valence-electron chi connectivity index (χ1n) is 9.47. The summed E-state index contributed by atoms with van der Waals surface area (Å²) >= 11 is 12.2. The Morgan fingerprint density at radius 3 is 2.59 bits per heavy atom. The van der Waals surface area contributed by atoms with E-state index in [-0.39, 0.29) is 11.6 Å². The third-order valence-electron chi connectivity index (χ3n) is 4.94. The topological polar surface area (TPSA) is 104 Å². The zero-order chi connectivity index (χ0) is 22.2. The number of hydrogen-bond donors (Lipinski definition) is 2. The standard InChI is InChI=1S/C23H13Cl2N5O2/c24-13-9-16-20(17(25)10-13)28-23(32)21(16)29-30-22(31)15-11-19(12-5-7-26-8-6-12)27-18-4-2-1-3-14(15)18/h1-11,28,32H. The number of amides is 1. The quantitative estimate of drug-likeness (QED) is 0.291. The predicted molar refractivity (Wildman–Crippen MR) is 124 cm³/mol. The van der Waals surface area contributed by atoms with Gasteiger partial charge in [0.15, 0.2) is 5.69 Å². The number of rotatable bonds is 3. The van der Waals surface area contributed by atoms with Crippen LogP contribution in [-0.4, -0.2) is 26.0 Å². The fourth-order valence-corrected chi connectivity index (χ4v) is 4.01. The number of carbonyl (C=O) groups excluding carboxylic acids is 1. The molecule has 0 bridgehead atoms. The zero-order valence-corrected chi connectivity index (χ0v) is 17.8. The van der Waals surface area contributed by atoms with E-state index < -0.39 is 5.91 Å². The van der Waals surface area contributed by atoms with Crippen molar-refractivity contribution in [2.75, 3.05) is 0 Å². The molecule has 0 unspecified atom stereocenters. The molecule has 0 radical (unpaired) electrons. The van der Waals surface area contributed by atoms with Gasteiger partial charge in [-0.25, -0.2) is 4.98 Å². The summed E-state index contributed by atoms with van der Waals surface area (Å²) in [5.41, 5.74) is 2.93. The van der Waals surface area contributed by atoms with Gasteiger partial charge < -0.3 is 10.1 Å². The van der Waals surface area contributed by atoms with Crippen LogP contribution in [0.25, 0.3) is 33.1 Å². The van der Waals surface area contributed by atoms with Gasteiger partial charge in [0, 0.05) is 33.8 Å². The number of nitrogens with one attached hydrogen (secondary N) is 1. The highest BCUT2D eigenvalue weighted by Crippen LogP contribution is 2.40. The number of nitrogens with zero attached hydrogens (tertiary/aromatic N) is 4. The van der Waals surface area contributed by atoms with E-state index in [2.05, 4.69) is 25.2 Å². The van der Waals surface area contributed by atoms with Crippen LogP contribution in [0.4, 0.5) is 5.69 Å². The van der Waals surface area contributed by atoms with Gasteiger partial charge in [-0.05, 0) is 36.4 Å². The number of azo groups is 1. The van der Waals surface area contributed by atoms with Crippen molar-refractivity contribution in [3.05, 3.63) is 82.6 Å². The lowest BCUT2D eigenvalue weighted by Gasteiger charge is -2.07. The van der Waals surface area contributed by atoms with Crippen LogP contribution in [0.1, 0.15) is 10.4 Å². The maximum absolute atomic E-state index is 13.1. The van der Waals surface area contributed by atoms with E-state index >= 15 is 0 Å². The number of aromatic hydroxyl groups is 1. The first-order valence-corrected chi connectivity index (χ1v) is 10.2. The molecule has 0 saturated carbocycles. The second-order valence-electron chi connectivity index (χ2n) is 6.95. The molecule has 3 aromatic heterocycles. The van der Waals surface area contributed by atoms with Crippen LogP contribution in [-0.2, 0) is 0 Å². The first kappa shape index (κ1) is 20.1. The van der Waals surface area contributed by atoms with Crippen LogP contribution in [0.3, 0.4) is 0 Å². The summed E-state index contributed by atoms with van der Waals surface area (Å²) < 4.78 is 0. The lowest BCUT2D eigenvalue weighted by atomic mass is 10.0. The summed E-state index contributed by atoms with van der Waals surface area (Å²) in [6.07, 6.45) is 3.31. The van der Waals surface area contributed by atoms with Crippen LogP contribution < -0.4 is 0 Å². The summed E-state index contributed by atoms with van der Waals surface area (Å²) in [4.78, 5) is 24.5. The number of benzene rings is 2. The average Bonchev–Trinajstić information content (AvgIpc) is 3.12. The Bertz CT molecular complexity index is 1530. The second-order valence-corrected chi connectivity index (χ2v) is 7.79. The summed E-state index contributed by atoms with van der Waals surface area (Å²) in [6.45, 7) is 0. The molecule has 0 aliphatic carbocycles. The third-order valence-corrected chi connectivity index (χ3v) is 5.46. The van der Waals surface area contributed by atoms with Crippen molar-refractivity contribution in [3.8, 4) is 17.1 Å². The van der Waals surface area contributed by atoms with Crippen molar-refractivity contribution in [2.24, 2.45) is 10.2 Å². The number of aromatic amines is 1. The van der Waals surface area contributed by atoms with Gasteiger partial charge in [0.1, 0.15) is 0 Å². The number of fused-ring (bicyclic) bond motifs is 2. The fourth-order valence-electron chi connectivity index (χ4n) is 3.47. The number of H-pyrrole nitrogens is 1. The highest BCUT2D eigenvalue weighted by Gasteiger charge is 2.17. The fraction of sp³-hybridized carbons (Fsp3) is 0. The molecule has 1 amide bonds. The van der Waals surface area contributed by atoms with Crippen molar-refractivity contribution >= 4 is 56.6 Å². The van der Waals surface area contributed by atoms with E-state index in [4.69, 9.17) is 23.2 Å². The monoisotopic (exact) mass is 461 g/mol. The van der Waals surface area contributed by atoms with Gasteiger partial charge in [0.25, 0.3) is 5.91 Å². The van der Waals surface area contributed by atoms with Crippen molar-refractivity contribution in [3.63, 3.8) is 0 Å². The normalized spacial score (nSPS) is 11.6. The molecule has 9 heteroatoms. The van der Waals surface area contributed by atoms with Crippen LogP contribution >= 0.6 is 23.2 Å². The van der Waals surface area contributed by atoms with E-state index in [1.807, 2.05) is 30.3 Å². The van der Waals surface area contributed by atoms with Crippen molar-refractivity contribution in [2.45, 2.75) is 0 Å². The molecule has 32 heavy (non-hydrogen) atoms. The Morgan fingerprint density at radius 2 is 1.78 bits per heavy atom. The molecule has 0 aliphatic rings. The molecule has 7 nitrogen and oxygen atoms in total. The minimum absolute atomic E-state index is 0.0745. The molecule has 2 aromatic carbocycles. The number of para-hydroxylation sites is 1. The Morgan fingerprint density at radius 1 is 1.00 bits per heavy atom. The number of pyridine rings is 2. The van der Waals surface area contributed by atoms with Gasteiger partial charge in [-0.1, -0.05) is 41.4 Å². The summed E-state index contributed by atoms with van der Waals surface area (Å²) in [5.74, 6) is -0.849. The molecule has 5 aromatic rings. The largest absolute Gasteiger partial charge is 0.493 e. The lowest BCUT2D eigenvalue weighted by Crippen LogP contribution is -1.99. The summed E-state index contributed by atoms with van der Waals surface area (Å²) in [5, 5.41) is 19.9. The molecule has 0 spiro atoms. The Labute approximate surface area is 191 Å². The van der Waals surface area contributed by atoms with Gasteiger partial charge in [0.05, 0.1) is 27.3 Å². The average molecular weight is 462 g/mol. The molecule has 0 fully saturated rings. The molecule has 156 valence electrons. The molecular weight excluding hydrogens is 449 g/mol. The molecule has 0 atom stereocenters. The Balaban J connectivity index is 1.61. The SMILES string of the molecule is O=C(N=Nc1c(O)[nH]c2c(Cl)cc(Cl)cc12)c1cc(-c2ccncc2)nc2ccccc12. The Kier molecular flexibility index (Phi) is 5.05. The molecule has 0 saturated heterocycles. The summed E-state index contributed by atoms with van der Waals surface area (Å²) in [7, 11) is 0. The Hall–Kier alpha value is -3.81. The minimum Gasteiger partial charge on any atom is -0.493 e. The van der Waals surface area contributed by atoms with Crippen molar-refractivity contribution in [1.82, 2.24) is 15.0 Å². The summed E-state index contributed by atoms with van der Waals surface area (Å²) in [6, 6.07) is 15.7. The molecule has 0 aliphatic heterocycles. The van der Waals surface area contributed by atoms with Gasteiger partial charge >= 0.3 is 0 Å². The van der Waals surface area contributed by atoms with Crippen molar-refractivity contribution < 1.29 is 9.90 Å². The number of aromatic nitrogens is 3. The van der Waals surface area contributed by atoms with Gasteiger partial charge in [-0.2, -0.15) is 0 Å². The third kappa shape index (κ3) is 3.57. The van der Waals surface area contributed by atoms with Crippen LogP contribution in [0.5, 0.6) is 5.88 Å². The van der Waals surface area contributed by atoms with E-state index in [9.17, 15) is 9.90 Å². The van der Waals surface area contributed by atoms with E-state index in [1.165, 1.54) is 6.07 Å². The van der Waals surface area contributed by atoms with E-state index in [1.54, 1.807) is 30.6 Å². The molecule has 2 N–H and O–H groups in total. The highest BCUT2D eigenvalue weighted by atomic mass is 35.5. The molecule has 3 heterocycles. The maximum atomic E-state index is 13.1. The number of halogens is 2. The van der Waals surface area contributed by atoms with E-state index in [0.29, 0.717) is 43.1 Å². The van der Waals surface area contributed by atoms with E-state index in [0.717, 1.165) is 5.56 Å². The van der Waals surface area contributed by atoms with Gasteiger partial charge in [-0.3, -0.25) is 9.78 Å².